The summed E-state index contributed by atoms with van der Waals surface area (Å²) in [5.41, 5.74) is 1.22. The van der Waals surface area contributed by atoms with Crippen molar-refractivity contribution in [3.63, 3.8) is 0 Å². The van der Waals surface area contributed by atoms with Crippen LogP contribution in [0.2, 0.25) is 0 Å². The van der Waals surface area contributed by atoms with E-state index < -0.39 is 10.0 Å². The summed E-state index contributed by atoms with van der Waals surface area (Å²) in [5.74, 6) is 1.56. The van der Waals surface area contributed by atoms with Crippen LogP contribution in [0.3, 0.4) is 0 Å². The van der Waals surface area contributed by atoms with Crippen LogP contribution in [0.15, 0.2) is 53.4 Å². The summed E-state index contributed by atoms with van der Waals surface area (Å²) in [4.78, 5) is 2.69. The van der Waals surface area contributed by atoms with Gasteiger partial charge in [-0.05, 0) is 48.6 Å². The van der Waals surface area contributed by atoms with Crippen molar-refractivity contribution < 1.29 is 17.9 Å². The summed E-state index contributed by atoms with van der Waals surface area (Å²) < 4.78 is 40.5. The Balaban J connectivity index is 1.59. The van der Waals surface area contributed by atoms with E-state index in [2.05, 4.69) is 30.9 Å². The van der Waals surface area contributed by atoms with Crippen LogP contribution in [-0.4, -0.2) is 56.5 Å². The number of nitrogens with zero attached hydrogens (tertiary/aromatic N) is 2. The zero-order valence-electron chi connectivity index (χ0n) is 18.5. The van der Waals surface area contributed by atoms with Gasteiger partial charge in [-0.2, -0.15) is 4.31 Å². The molecule has 2 aromatic carbocycles. The molecule has 31 heavy (non-hydrogen) atoms. The minimum Gasteiger partial charge on any atom is -0.497 e. The van der Waals surface area contributed by atoms with Crippen LogP contribution >= 0.6 is 0 Å². The SMILES string of the molecule is COc1ccc(CN2CC[C@@H]3Oc4ccccc4S(=O)(=O)N(CC(C)C)[C@H]3CC2)cc1. The second-order valence-corrected chi connectivity index (χ2v) is 10.7. The molecule has 6 nitrogen and oxygen atoms in total. The minimum atomic E-state index is -3.61. The first-order valence-electron chi connectivity index (χ1n) is 11.0. The van der Waals surface area contributed by atoms with Crippen molar-refractivity contribution in [3.8, 4) is 11.5 Å². The lowest BCUT2D eigenvalue weighted by molar-refractivity contribution is 0.108. The largest absolute Gasteiger partial charge is 0.497 e. The van der Waals surface area contributed by atoms with E-state index in [4.69, 9.17) is 9.47 Å². The Labute approximate surface area is 185 Å². The number of ether oxygens (including phenoxy) is 2. The van der Waals surface area contributed by atoms with E-state index in [1.54, 1.807) is 29.6 Å². The molecule has 2 aliphatic rings. The molecule has 168 valence electrons. The number of fused-ring (bicyclic) bond motifs is 2. The van der Waals surface area contributed by atoms with E-state index in [1.165, 1.54) is 5.56 Å². The average Bonchev–Trinajstić information content (AvgIpc) is 2.99. The number of hydrogen-bond donors (Lipinski definition) is 0. The number of benzene rings is 2. The second kappa shape index (κ2) is 9.18. The maximum atomic E-state index is 13.6. The molecule has 0 unspecified atom stereocenters. The van der Waals surface area contributed by atoms with Gasteiger partial charge in [0, 0.05) is 26.2 Å². The fourth-order valence-electron chi connectivity index (χ4n) is 4.55. The van der Waals surface area contributed by atoms with Crippen molar-refractivity contribution in [2.45, 2.75) is 50.3 Å². The average molecular weight is 445 g/mol. The zero-order valence-corrected chi connectivity index (χ0v) is 19.3. The highest BCUT2D eigenvalue weighted by molar-refractivity contribution is 7.89. The summed E-state index contributed by atoms with van der Waals surface area (Å²) in [5, 5.41) is 0. The molecule has 1 fully saturated rings. The third kappa shape index (κ3) is 4.73. The maximum absolute atomic E-state index is 13.6. The van der Waals surface area contributed by atoms with Crippen molar-refractivity contribution in [3.05, 3.63) is 54.1 Å². The summed E-state index contributed by atoms with van der Waals surface area (Å²) in [6.45, 7) is 7.16. The number of hydrogen-bond acceptors (Lipinski definition) is 5. The molecule has 7 heteroatoms. The molecule has 0 bridgehead atoms. The van der Waals surface area contributed by atoms with Crippen molar-refractivity contribution in [1.29, 1.82) is 0 Å². The molecule has 0 spiro atoms. The predicted octanol–water partition coefficient (Wildman–Crippen LogP) is 3.77. The Hall–Kier alpha value is -2.09. The standard InChI is InChI=1S/C24H32N2O4S/c1-18(2)16-26-21-12-14-25(17-19-8-10-20(29-3)11-9-19)15-13-22(21)30-23-6-4-5-7-24(23)31(26,27)28/h4-11,18,21-22H,12-17H2,1-3H3/t21-,22-/m0/s1. The molecular weight excluding hydrogens is 412 g/mol. The Morgan fingerprint density at radius 1 is 1.06 bits per heavy atom. The van der Waals surface area contributed by atoms with Crippen LogP contribution in [0.25, 0.3) is 0 Å². The van der Waals surface area contributed by atoms with Crippen LogP contribution in [0.5, 0.6) is 11.5 Å². The van der Waals surface area contributed by atoms with E-state index in [-0.39, 0.29) is 18.1 Å². The van der Waals surface area contributed by atoms with Crippen LogP contribution in [0.4, 0.5) is 0 Å². The van der Waals surface area contributed by atoms with Gasteiger partial charge in [-0.15, -0.1) is 0 Å². The van der Waals surface area contributed by atoms with E-state index in [1.807, 2.05) is 18.2 Å². The summed E-state index contributed by atoms with van der Waals surface area (Å²) in [6, 6.07) is 15.0. The lowest BCUT2D eigenvalue weighted by Crippen LogP contribution is -2.48. The molecule has 0 N–H and O–H groups in total. The second-order valence-electron chi connectivity index (χ2n) is 8.84. The highest BCUT2D eigenvalue weighted by Crippen LogP contribution is 2.37. The summed E-state index contributed by atoms with van der Waals surface area (Å²) in [7, 11) is -1.94. The van der Waals surface area contributed by atoms with Gasteiger partial charge in [-0.3, -0.25) is 4.90 Å². The van der Waals surface area contributed by atoms with Gasteiger partial charge in [0.1, 0.15) is 22.5 Å². The molecular formula is C24H32N2O4S. The van der Waals surface area contributed by atoms with Gasteiger partial charge in [-0.25, -0.2) is 8.42 Å². The quantitative estimate of drug-likeness (QED) is 0.703. The van der Waals surface area contributed by atoms with Gasteiger partial charge >= 0.3 is 0 Å². The maximum Gasteiger partial charge on any atom is 0.247 e. The van der Waals surface area contributed by atoms with Gasteiger partial charge in [0.2, 0.25) is 10.0 Å². The van der Waals surface area contributed by atoms with E-state index in [9.17, 15) is 8.42 Å². The first-order chi connectivity index (χ1) is 14.9. The Kier molecular flexibility index (Phi) is 6.55. The topological polar surface area (TPSA) is 59.1 Å². The van der Waals surface area contributed by atoms with Crippen molar-refractivity contribution >= 4 is 10.0 Å². The Morgan fingerprint density at radius 3 is 2.48 bits per heavy atom. The molecule has 2 atom stereocenters. The van der Waals surface area contributed by atoms with E-state index in [0.29, 0.717) is 17.2 Å². The van der Waals surface area contributed by atoms with Crippen molar-refractivity contribution in [2.24, 2.45) is 5.92 Å². The number of methoxy groups -OCH3 is 1. The number of likely N-dealkylation sites (tertiary alicyclic amines) is 1. The van der Waals surface area contributed by atoms with Crippen molar-refractivity contribution in [1.82, 2.24) is 9.21 Å². The van der Waals surface area contributed by atoms with Crippen LogP contribution in [0, 0.1) is 5.92 Å². The Bertz CT molecular complexity index is 991. The Morgan fingerprint density at radius 2 is 1.77 bits per heavy atom. The summed E-state index contributed by atoms with van der Waals surface area (Å²) >= 11 is 0. The van der Waals surface area contributed by atoms with Crippen LogP contribution < -0.4 is 9.47 Å². The molecule has 1 saturated heterocycles. The van der Waals surface area contributed by atoms with E-state index in [0.717, 1.165) is 38.2 Å². The van der Waals surface area contributed by atoms with Gasteiger partial charge in [0.05, 0.1) is 13.2 Å². The number of para-hydroxylation sites is 1. The molecule has 0 saturated carbocycles. The molecule has 2 heterocycles. The van der Waals surface area contributed by atoms with Crippen LogP contribution in [-0.2, 0) is 16.6 Å². The molecule has 2 aromatic rings. The van der Waals surface area contributed by atoms with Gasteiger partial charge in [-0.1, -0.05) is 38.1 Å². The highest BCUT2D eigenvalue weighted by atomic mass is 32.2. The number of rotatable bonds is 5. The fraction of sp³-hybridized carbons (Fsp3) is 0.500. The van der Waals surface area contributed by atoms with Gasteiger partial charge in [0.15, 0.2) is 0 Å². The molecule has 4 rings (SSSR count). The smallest absolute Gasteiger partial charge is 0.247 e. The molecule has 0 aromatic heterocycles. The number of sulfonamides is 1. The fourth-order valence-corrected chi connectivity index (χ4v) is 6.52. The normalized spacial score (nSPS) is 23.9. The van der Waals surface area contributed by atoms with E-state index >= 15 is 0 Å². The minimum absolute atomic E-state index is 0.155. The van der Waals surface area contributed by atoms with Crippen molar-refractivity contribution in [2.75, 3.05) is 26.7 Å². The van der Waals surface area contributed by atoms with Gasteiger partial charge < -0.3 is 9.47 Å². The third-order valence-electron chi connectivity index (χ3n) is 6.09. The predicted molar refractivity (Wildman–Crippen MR) is 121 cm³/mol. The molecule has 0 radical (unpaired) electrons. The lowest BCUT2D eigenvalue weighted by atomic mass is 10.0. The van der Waals surface area contributed by atoms with Crippen LogP contribution in [0.1, 0.15) is 32.3 Å². The lowest BCUT2D eigenvalue weighted by Gasteiger charge is -2.32. The third-order valence-corrected chi connectivity index (χ3v) is 8.02. The highest BCUT2D eigenvalue weighted by Gasteiger charge is 2.43. The first kappa shape index (κ1) is 22.1. The monoisotopic (exact) mass is 444 g/mol. The molecule has 2 aliphatic heterocycles. The van der Waals surface area contributed by atoms with Gasteiger partial charge in [0.25, 0.3) is 0 Å². The molecule has 0 aliphatic carbocycles. The summed E-state index contributed by atoms with van der Waals surface area (Å²) in [6.07, 6.45) is 1.39. The first-order valence-corrected chi connectivity index (χ1v) is 12.5. The molecule has 0 amide bonds. The zero-order chi connectivity index (χ0) is 22.0.